The number of aryl methyl sites for hydroxylation is 2. The molecule has 2 aromatic rings. The predicted octanol–water partition coefficient (Wildman–Crippen LogP) is 3.72. The molecule has 4 rings (SSSR count). The maximum atomic E-state index is 13.5. The molecule has 0 saturated carbocycles. The zero-order valence-electron chi connectivity index (χ0n) is 18.6. The number of nitrogens with zero attached hydrogens (tertiary/aromatic N) is 1. The largest absolute Gasteiger partial charge is 0.479 e. The average molecular weight is 492 g/mol. The first-order valence-corrected chi connectivity index (χ1v) is 12.6. The van der Waals surface area contributed by atoms with Crippen LogP contribution >= 0.6 is 11.6 Å². The molecule has 10 heteroatoms. The summed E-state index contributed by atoms with van der Waals surface area (Å²) < 4.78 is 33.9. The number of carbonyl (C=O) groups is 2. The van der Waals surface area contributed by atoms with E-state index in [1.54, 1.807) is 32.0 Å². The summed E-state index contributed by atoms with van der Waals surface area (Å²) in [5.41, 5.74) is 2.42. The molecule has 176 valence electrons. The molecule has 2 atom stereocenters. The lowest BCUT2D eigenvalue weighted by Crippen LogP contribution is -2.44. The summed E-state index contributed by atoms with van der Waals surface area (Å²) in [4.78, 5) is 24.8. The van der Waals surface area contributed by atoms with Gasteiger partial charge >= 0.3 is 0 Å². The van der Waals surface area contributed by atoms with Gasteiger partial charge in [0, 0.05) is 29.9 Å². The molecule has 2 aliphatic heterocycles. The Balaban J connectivity index is 1.54. The average Bonchev–Trinajstić information content (AvgIpc) is 2.77. The maximum absolute atomic E-state index is 13.5. The highest BCUT2D eigenvalue weighted by Crippen LogP contribution is 2.36. The van der Waals surface area contributed by atoms with Gasteiger partial charge in [0.15, 0.2) is 6.10 Å². The number of amides is 2. The molecule has 2 aliphatic rings. The Bertz CT molecular complexity index is 1230. The molecule has 0 unspecified atom stereocenters. The van der Waals surface area contributed by atoms with Gasteiger partial charge in [-0.05, 0) is 62.9 Å². The molecular weight excluding hydrogens is 466 g/mol. The van der Waals surface area contributed by atoms with E-state index in [2.05, 4.69) is 10.6 Å². The van der Waals surface area contributed by atoms with Crippen LogP contribution in [0.15, 0.2) is 35.2 Å². The summed E-state index contributed by atoms with van der Waals surface area (Å²) in [5.74, 6) is -0.690. The van der Waals surface area contributed by atoms with Crippen LogP contribution in [0.1, 0.15) is 30.9 Å². The van der Waals surface area contributed by atoms with Crippen molar-refractivity contribution in [1.82, 2.24) is 4.31 Å². The fraction of sp³-hybridized carbons (Fsp3) is 0.391. The van der Waals surface area contributed by atoms with Gasteiger partial charge in [0.1, 0.15) is 5.75 Å². The van der Waals surface area contributed by atoms with E-state index >= 15 is 0 Å². The summed E-state index contributed by atoms with van der Waals surface area (Å²) in [6.07, 6.45) is 0.446. The van der Waals surface area contributed by atoms with Gasteiger partial charge in [0.25, 0.3) is 5.91 Å². The number of hydrogen-bond donors (Lipinski definition) is 2. The number of rotatable bonds is 4. The van der Waals surface area contributed by atoms with Crippen molar-refractivity contribution in [1.29, 1.82) is 0 Å². The standard InChI is InChI=1S/C23H26ClN3O5S/c1-13-6-7-17(10-18(13)24)25-23(29)16-5-4-8-27(12-16)33(30,31)21-11-20-19(9-14(21)2)26-22(28)15(3)32-20/h6-7,9-11,15-16H,4-5,8,12H2,1-3H3,(H,25,29)(H,26,28)/t15-,16+/m1/s1. The second kappa shape index (κ2) is 8.96. The van der Waals surface area contributed by atoms with Crippen LogP contribution in [0.2, 0.25) is 5.02 Å². The van der Waals surface area contributed by atoms with Crippen LogP contribution < -0.4 is 15.4 Å². The fourth-order valence-electron chi connectivity index (χ4n) is 4.05. The van der Waals surface area contributed by atoms with E-state index in [4.69, 9.17) is 16.3 Å². The first-order chi connectivity index (χ1) is 15.6. The molecule has 33 heavy (non-hydrogen) atoms. The quantitative estimate of drug-likeness (QED) is 0.678. The Morgan fingerprint density at radius 3 is 2.70 bits per heavy atom. The molecule has 0 radical (unpaired) electrons. The number of piperidine rings is 1. The molecule has 1 fully saturated rings. The molecule has 0 spiro atoms. The van der Waals surface area contributed by atoms with Crippen LogP contribution in [0, 0.1) is 19.8 Å². The third-order valence-electron chi connectivity index (χ3n) is 6.02. The normalized spacial score (nSPS) is 21.0. The number of benzene rings is 2. The van der Waals surface area contributed by atoms with Gasteiger partial charge in [-0.25, -0.2) is 8.42 Å². The summed E-state index contributed by atoms with van der Waals surface area (Å²) >= 11 is 6.14. The Hall–Kier alpha value is -2.62. The second-order valence-electron chi connectivity index (χ2n) is 8.52. The van der Waals surface area contributed by atoms with Crippen LogP contribution in [0.3, 0.4) is 0 Å². The van der Waals surface area contributed by atoms with Crippen LogP contribution in [0.5, 0.6) is 5.75 Å². The van der Waals surface area contributed by atoms with Gasteiger partial charge in [0.05, 0.1) is 16.5 Å². The molecule has 2 heterocycles. The van der Waals surface area contributed by atoms with Crippen molar-refractivity contribution >= 4 is 44.8 Å². The maximum Gasteiger partial charge on any atom is 0.265 e. The predicted molar refractivity (Wildman–Crippen MR) is 126 cm³/mol. The van der Waals surface area contributed by atoms with Gasteiger partial charge in [-0.1, -0.05) is 17.7 Å². The van der Waals surface area contributed by atoms with Crippen LogP contribution in [0.4, 0.5) is 11.4 Å². The number of nitrogens with one attached hydrogen (secondary N) is 2. The topological polar surface area (TPSA) is 105 Å². The van der Waals surface area contributed by atoms with Crippen molar-refractivity contribution in [3.05, 3.63) is 46.5 Å². The second-order valence-corrected chi connectivity index (χ2v) is 10.8. The Morgan fingerprint density at radius 1 is 1.21 bits per heavy atom. The Labute approximate surface area is 198 Å². The third-order valence-corrected chi connectivity index (χ3v) is 8.43. The van der Waals surface area contributed by atoms with Crippen molar-refractivity contribution in [2.75, 3.05) is 23.7 Å². The molecule has 0 aliphatic carbocycles. The minimum atomic E-state index is -3.87. The summed E-state index contributed by atoms with van der Waals surface area (Å²) in [7, 11) is -3.87. The molecule has 2 N–H and O–H groups in total. The summed E-state index contributed by atoms with van der Waals surface area (Å²) in [5, 5.41) is 6.13. The number of anilines is 2. The molecule has 0 aromatic heterocycles. The molecular formula is C23H26ClN3O5S. The zero-order chi connectivity index (χ0) is 23.9. The number of fused-ring (bicyclic) bond motifs is 1. The van der Waals surface area contributed by atoms with Gasteiger partial charge < -0.3 is 15.4 Å². The van der Waals surface area contributed by atoms with Gasteiger partial charge in [0.2, 0.25) is 15.9 Å². The van der Waals surface area contributed by atoms with E-state index in [-0.39, 0.29) is 23.3 Å². The zero-order valence-corrected chi connectivity index (χ0v) is 20.2. The molecule has 2 aromatic carbocycles. The van der Waals surface area contributed by atoms with Crippen molar-refractivity contribution in [3.8, 4) is 5.75 Å². The molecule has 1 saturated heterocycles. The first-order valence-electron chi connectivity index (χ1n) is 10.8. The highest BCUT2D eigenvalue weighted by molar-refractivity contribution is 7.89. The van der Waals surface area contributed by atoms with E-state index < -0.39 is 22.0 Å². The molecule has 2 amide bonds. The number of carbonyl (C=O) groups excluding carboxylic acids is 2. The summed E-state index contributed by atoms with van der Waals surface area (Å²) in [6, 6.07) is 8.32. The highest BCUT2D eigenvalue weighted by Gasteiger charge is 2.35. The fourth-order valence-corrected chi connectivity index (χ4v) is 5.98. The number of sulfonamides is 1. The smallest absolute Gasteiger partial charge is 0.265 e. The van der Waals surface area contributed by atoms with Crippen molar-refractivity contribution in [2.45, 2.75) is 44.6 Å². The van der Waals surface area contributed by atoms with Crippen LogP contribution in [-0.4, -0.2) is 43.7 Å². The van der Waals surface area contributed by atoms with E-state index in [1.807, 2.05) is 13.0 Å². The minimum absolute atomic E-state index is 0.0816. The summed E-state index contributed by atoms with van der Waals surface area (Å²) in [6.45, 7) is 5.55. The monoisotopic (exact) mass is 491 g/mol. The third kappa shape index (κ3) is 4.71. The van der Waals surface area contributed by atoms with Crippen molar-refractivity contribution < 1.29 is 22.7 Å². The highest BCUT2D eigenvalue weighted by atomic mass is 35.5. The van der Waals surface area contributed by atoms with E-state index in [1.165, 1.54) is 10.4 Å². The molecule has 8 nitrogen and oxygen atoms in total. The van der Waals surface area contributed by atoms with Crippen molar-refractivity contribution in [2.24, 2.45) is 5.92 Å². The van der Waals surface area contributed by atoms with E-state index in [0.717, 1.165) is 5.56 Å². The Kier molecular flexibility index (Phi) is 6.39. The number of halogens is 1. The molecule has 0 bridgehead atoms. The van der Waals surface area contributed by atoms with E-state index in [9.17, 15) is 18.0 Å². The van der Waals surface area contributed by atoms with Gasteiger partial charge in [-0.2, -0.15) is 4.31 Å². The van der Waals surface area contributed by atoms with Crippen LogP contribution in [0.25, 0.3) is 0 Å². The first kappa shape index (κ1) is 23.5. The lowest BCUT2D eigenvalue weighted by atomic mass is 9.98. The van der Waals surface area contributed by atoms with Gasteiger partial charge in [-0.3, -0.25) is 9.59 Å². The van der Waals surface area contributed by atoms with Crippen molar-refractivity contribution in [3.63, 3.8) is 0 Å². The minimum Gasteiger partial charge on any atom is -0.479 e. The van der Waals surface area contributed by atoms with E-state index in [0.29, 0.717) is 47.1 Å². The lowest BCUT2D eigenvalue weighted by molar-refractivity contribution is -0.123. The lowest BCUT2D eigenvalue weighted by Gasteiger charge is -2.32. The number of ether oxygens (including phenoxy) is 1. The van der Waals surface area contributed by atoms with Crippen LogP contribution in [-0.2, 0) is 19.6 Å². The SMILES string of the molecule is Cc1ccc(NC(=O)[C@H]2CCCN(S(=O)(=O)c3cc4c(cc3C)NC(=O)[C@@H](C)O4)C2)cc1Cl. The number of hydrogen-bond acceptors (Lipinski definition) is 5. The Morgan fingerprint density at radius 2 is 1.97 bits per heavy atom. The van der Waals surface area contributed by atoms with Gasteiger partial charge in [-0.15, -0.1) is 0 Å².